The number of hydrogen-bond acceptors (Lipinski definition) is 2. The molecular weight excluding hydrogens is 200 g/mol. The summed E-state index contributed by atoms with van der Waals surface area (Å²) in [5, 5.41) is 3.13. The van der Waals surface area contributed by atoms with E-state index in [0.717, 1.165) is 25.7 Å². The van der Waals surface area contributed by atoms with Gasteiger partial charge in [0, 0.05) is 13.2 Å². The molecule has 2 saturated carbocycles. The highest BCUT2D eigenvalue weighted by Crippen LogP contribution is 2.42. The first kappa shape index (κ1) is 11.3. The van der Waals surface area contributed by atoms with Crippen LogP contribution in [0, 0.1) is 0 Å². The molecule has 0 radical (unpaired) electrons. The van der Waals surface area contributed by atoms with Gasteiger partial charge in [0.15, 0.2) is 0 Å². The topological polar surface area (TPSA) is 21.3 Å². The molecule has 0 aliphatic heterocycles. The van der Waals surface area contributed by atoms with E-state index in [-0.39, 0.29) is 12.1 Å². The van der Waals surface area contributed by atoms with Gasteiger partial charge in [-0.25, -0.2) is 8.78 Å². The molecule has 4 heteroatoms. The van der Waals surface area contributed by atoms with Crippen molar-refractivity contribution >= 4 is 0 Å². The number of halogens is 2. The summed E-state index contributed by atoms with van der Waals surface area (Å²) in [4.78, 5) is 0. The lowest BCUT2D eigenvalue weighted by Crippen LogP contribution is -2.51. The summed E-state index contributed by atoms with van der Waals surface area (Å²) < 4.78 is 30.9. The van der Waals surface area contributed by atoms with E-state index < -0.39 is 12.0 Å². The maximum absolute atomic E-state index is 12.8. The Morgan fingerprint density at radius 1 is 1.27 bits per heavy atom. The molecule has 2 rings (SSSR count). The average Bonchev–Trinajstić information content (AvgIpc) is 3.00. The van der Waals surface area contributed by atoms with Crippen molar-refractivity contribution < 1.29 is 13.5 Å². The molecule has 88 valence electrons. The smallest absolute Gasteiger partial charge is 0.256 e. The monoisotopic (exact) mass is 219 g/mol. The van der Waals surface area contributed by atoms with Gasteiger partial charge in [0.25, 0.3) is 6.43 Å². The first-order valence-electron chi connectivity index (χ1n) is 5.76. The van der Waals surface area contributed by atoms with Gasteiger partial charge in [0.1, 0.15) is 0 Å². The second-order valence-corrected chi connectivity index (χ2v) is 4.77. The largest absolute Gasteiger partial charge is 0.380 e. The van der Waals surface area contributed by atoms with E-state index in [1.165, 1.54) is 0 Å². The summed E-state index contributed by atoms with van der Waals surface area (Å²) in [6.45, 7) is 0. The van der Waals surface area contributed by atoms with Crippen LogP contribution in [0.5, 0.6) is 0 Å². The molecule has 0 amide bonds. The van der Waals surface area contributed by atoms with Crippen LogP contribution in [0.3, 0.4) is 0 Å². The van der Waals surface area contributed by atoms with Crippen molar-refractivity contribution in [1.29, 1.82) is 0 Å². The fraction of sp³-hybridized carbons (Fsp3) is 1.00. The summed E-state index contributed by atoms with van der Waals surface area (Å²) >= 11 is 0. The fourth-order valence-corrected chi connectivity index (χ4v) is 2.47. The van der Waals surface area contributed by atoms with Gasteiger partial charge in [0.2, 0.25) is 0 Å². The molecule has 0 bridgehead atoms. The molecule has 0 aromatic rings. The van der Waals surface area contributed by atoms with E-state index in [4.69, 9.17) is 4.74 Å². The van der Waals surface area contributed by atoms with E-state index in [9.17, 15) is 8.78 Å². The van der Waals surface area contributed by atoms with Gasteiger partial charge in [-0.05, 0) is 25.7 Å². The minimum Gasteiger partial charge on any atom is -0.380 e. The zero-order chi connectivity index (χ0) is 10.9. The number of alkyl halides is 2. The van der Waals surface area contributed by atoms with Gasteiger partial charge in [-0.1, -0.05) is 12.8 Å². The van der Waals surface area contributed by atoms with Gasteiger partial charge in [-0.3, -0.25) is 0 Å². The number of nitrogens with one attached hydrogen (secondary N) is 1. The van der Waals surface area contributed by atoms with Crippen molar-refractivity contribution in [2.45, 2.75) is 62.6 Å². The van der Waals surface area contributed by atoms with Crippen LogP contribution in [0.15, 0.2) is 0 Å². The minimum absolute atomic E-state index is 0.120. The van der Waals surface area contributed by atoms with E-state index in [2.05, 4.69) is 5.32 Å². The molecule has 2 nitrogen and oxygen atoms in total. The maximum atomic E-state index is 12.8. The number of hydrogen-bond donors (Lipinski definition) is 1. The van der Waals surface area contributed by atoms with Crippen molar-refractivity contribution in [1.82, 2.24) is 5.32 Å². The Bertz CT molecular complexity index is 219. The highest BCUT2D eigenvalue weighted by Gasteiger charge is 2.52. The average molecular weight is 219 g/mol. The van der Waals surface area contributed by atoms with E-state index in [1.54, 1.807) is 7.11 Å². The number of methoxy groups -OCH3 is 1. The molecule has 2 atom stereocenters. The normalized spacial score (nSPS) is 34.4. The van der Waals surface area contributed by atoms with Crippen LogP contribution in [0.2, 0.25) is 0 Å². The maximum Gasteiger partial charge on any atom is 0.256 e. The second-order valence-electron chi connectivity index (χ2n) is 4.77. The molecule has 2 unspecified atom stereocenters. The van der Waals surface area contributed by atoms with E-state index >= 15 is 0 Å². The third-order valence-electron chi connectivity index (χ3n) is 3.68. The van der Waals surface area contributed by atoms with Gasteiger partial charge >= 0.3 is 0 Å². The van der Waals surface area contributed by atoms with Crippen molar-refractivity contribution in [2.24, 2.45) is 0 Å². The molecule has 0 aromatic carbocycles. The Morgan fingerprint density at radius 2 is 1.93 bits per heavy atom. The summed E-state index contributed by atoms with van der Waals surface area (Å²) in [6, 6.07) is 0.125. The van der Waals surface area contributed by atoms with Crippen LogP contribution in [0.4, 0.5) is 8.78 Å². The predicted molar refractivity (Wildman–Crippen MR) is 54.2 cm³/mol. The molecule has 2 aliphatic rings. The van der Waals surface area contributed by atoms with E-state index in [0.29, 0.717) is 12.8 Å². The standard InChI is InChI=1S/C11H19F2NO/c1-15-9-5-3-2-4-8(9)14-11(6-7-11)10(12)13/h8-10,14H,2-7H2,1H3. The lowest BCUT2D eigenvalue weighted by atomic mass is 9.91. The van der Waals surface area contributed by atoms with Crippen LogP contribution in [-0.2, 0) is 4.74 Å². The fourth-order valence-electron chi connectivity index (χ4n) is 2.47. The third-order valence-corrected chi connectivity index (χ3v) is 3.68. The Hall–Kier alpha value is -0.220. The second kappa shape index (κ2) is 4.34. The molecule has 2 fully saturated rings. The first-order chi connectivity index (χ1) is 7.18. The molecular formula is C11H19F2NO. The van der Waals surface area contributed by atoms with Crippen molar-refractivity contribution in [3.8, 4) is 0 Å². The lowest BCUT2D eigenvalue weighted by Gasteiger charge is -2.34. The Morgan fingerprint density at radius 3 is 2.47 bits per heavy atom. The molecule has 0 heterocycles. The molecule has 1 N–H and O–H groups in total. The van der Waals surface area contributed by atoms with Crippen LogP contribution >= 0.6 is 0 Å². The highest BCUT2D eigenvalue weighted by molar-refractivity contribution is 5.07. The van der Waals surface area contributed by atoms with Crippen molar-refractivity contribution in [3.63, 3.8) is 0 Å². The third kappa shape index (κ3) is 2.31. The quantitative estimate of drug-likeness (QED) is 0.783. The van der Waals surface area contributed by atoms with Crippen molar-refractivity contribution in [3.05, 3.63) is 0 Å². The SMILES string of the molecule is COC1CCCCC1NC1(C(F)F)CC1. The molecule has 0 spiro atoms. The first-order valence-corrected chi connectivity index (χ1v) is 5.76. The zero-order valence-corrected chi connectivity index (χ0v) is 9.14. The number of ether oxygens (including phenoxy) is 1. The summed E-state index contributed by atoms with van der Waals surface area (Å²) in [7, 11) is 1.67. The van der Waals surface area contributed by atoms with Gasteiger partial charge in [0.05, 0.1) is 11.6 Å². The molecule has 2 aliphatic carbocycles. The van der Waals surface area contributed by atoms with Crippen LogP contribution in [-0.4, -0.2) is 31.2 Å². The lowest BCUT2D eigenvalue weighted by molar-refractivity contribution is 0.0142. The zero-order valence-electron chi connectivity index (χ0n) is 9.14. The van der Waals surface area contributed by atoms with E-state index in [1.807, 2.05) is 0 Å². The molecule has 0 aromatic heterocycles. The summed E-state index contributed by atoms with van der Waals surface area (Å²) in [5.41, 5.74) is -0.876. The predicted octanol–water partition coefficient (Wildman–Crippen LogP) is 2.33. The van der Waals surface area contributed by atoms with Gasteiger partial charge < -0.3 is 10.1 Å². The Kier molecular flexibility index (Phi) is 3.26. The van der Waals surface area contributed by atoms with Crippen LogP contribution < -0.4 is 5.32 Å². The van der Waals surface area contributed by atoms with Crippen molar-refractivity contribution in [2.75, 3.05) is 7.11 Å². The summed E-state index contributed by atoms with van der Waals surface area (Å²) in [5.74, 6) is 0. The van der Waals surface area contributed by atoms with Crippen LogP contribution in [0.1, 0.15) is 38.5 Å². The molecule has 0 saturated heterocycles. The van der Waals surface area contributed by atoms with Gasteiger partial charge in [-0.15, -0.1) is 0 Å². The van der Waals surface area contributed by atoms with Gasteiger partial charge in [-0.2, -0.15) is 0 Å². The Balaban J connectivity index is 1.92. The van der Waals surface area contributed by atoms with Crippen LogP contribution in [0.25, 0.3) is 0 Å². The summed E-state index contributed by atoms with van der Waals surface area (Å²) in [6.07, 6.45) is 3.33. The molecule has 15 heavy (non-hydrogen) atoms. The highest BCUT2D eigenvalue weighted by atomic mass is 19.3. The minimum atomic E-state index is -2.24. The number of rotatable bonds is 4. The Labute approximate surface area is 89.4 Å².